The molecule has 1 aliphatic carbocycles. The maximum Gasteiger partial charge on any atom is 0.221 e. The number of carbonyl (C=O) groups excluding carboxylic acids is 1. The van der Waals surface area contributed by atoms with Gasteiger partial charge in [-0.05, 0) is 36.0 Å². The van der Waals surface area contributed by atoms with Crippen molar-refractivity contribution in [3.63, 3.8) is 0 Å². The fourth-order valence-corrected chi connectivity index (χ4v) is 4.31. The second-order valence-corrected chi connectivity index (χ2v) is 10.2. The molecule has 0 heterocycles. The Bertz CT molecular complexity index is 696. The average Bonchev–Trinajstić information content (AvgIpc) is 2.97. The van der Waals surface area contributed by atoms with Crippen LogP contribution in [0.3, 0.4) is 0 Å². The standard InChI is InChI=1S/C19H29NO4S/c1-18(2,3)15-6-8-16(9-7-15)25(23,24)13-10-17(21)20-14-19(22)11-4-5-12-19/h6-9,22H,4-5,10-14H2,1-3H3,(H,20,21). The quantitative estimate of drug-likeness (QED) is 0.809. The maximum atomic E-state index is 12.4. The van der Waals surface area contributed by atoms with Crippen molar-refractivity contribution >= 4 is 15.7 Å². The molecule has 2 N–H and O–H groups in total. The molecule has 0 atom stereocenters. The molecule has 1 saturated carbocycles. The van der Waals surface area contributed by atoms with Gasteiger partial charge in [0, 0.05) is 13.0 Å². The van der Waals surface area contributed by atoms with Crippen LogP contribution in [0.25, 0.3) is 0 Å². The second kappa shape index (κ2) is 7.46. The predicted octanol–water partition coefficient (Wildman–Crippen LogP) is 2.57. The number of nitrogens with one attached hydrogen (secondary N) is 1. The highest BCUT2D eigenvalue weighted by molar-refractivity contribution is 7.91. The molecule has 1 amide bonds. The first-order valence-electron chi connectivity index (χ1n) is 8.84. The van der Waals surface area contributed by atoms with E-state index in [1.165, 1.54) is 0 Å². The smallest absolute Gasteiger partial charge is 0.221 e. The van der Waals surface area contributed by atoms with Gasteiger partial charge in [0.05, 0.1) is 16.2 Å². The van der Waals surface area contributed by atoms with Crippen LogP contribution in [-0.4, -0.2) is 37.3 Å². The van der Waals surface area contributed by atoms with Crippen LogP contribution in [0.1, 0.15) is 58.4 Å². The third-order valence-corrected chi connectivity index (χ3v) is 6.56. The van der Waals surface area contributed by atoms with E-state index in [1.54, 1.807) is 12.1 Å². The summed E-state index contributed by atoms with van der Waals surface area (Å²) in [5, 5.41) is 12.9. The summed E-state index contributed by atoms with van der Waals surface area (Å²) in [7, 11) is -3.49. The molecule has 0 saturated heterocycles. The summed E-state index contributed by atoms with van der Waals surface area (Å²) in [4.78, 5) is 12.2. The SMILES string of the molecule is CC(C)(C)c1ccc(S(=O)(=O)CCC(=O)NCC2(O)CCCC2)cc1. The third kappa shape index (κ3) is 5.54. The van der Waals surface area contributed by atoms with Crippen LogP contribution in [0.15, 0.2) is 29.2 Å². The van der Waals surface area contributed by atoms with Crippen LogP contribution in [0, 0.1) is 0 Å². The van der Waals surface area contributed by atoms with Crippen LogP contribution in [0.4, 0.5) is 0 Å². The zero-order valence-corrected chi connectivity index (χ0v) is 16.2. The largest absolute Gasteiger partial charge is 0.388 e. The van der Waals surface area contributed by atoms with E-state index in [9.17, 15) is 18.3 Å². The maximum absolute atomic E-state index is 12.4. The van der Waals surface area contributed by atoms with Crippen molar-refractivity contribution in [1.29, 1.82) is 0 Å². The monoisotopic (exact) mass is 367 g/mol. The number of benzene rings is 1. The summed E-state index contributed by atoms with van der Waals surface area (Å²) in [5.41, 5.74) is 0.203. The lowest BCUT2D eigenvalue weighted by molar-refractivity contribution is -0.121. The molecule has 140 valence electrons. The lowest BCUT2D eigenvalue weighted by atomic mass is 9.87. The van der Waals surface area contributed by atoms with E-state index < -0.39 is 15.4 Å². The molecule has 2 rings (SSSR count). The van der Waals surface area contributed by atoms with Gasteiger partial charge >= 0.3 is 0 Å². The summed E-state index contributed by atoms with van der Waals surface area (Å²) in [5.74, 6) is -0.568. The van der Waals surface area contributed by atoms with Crippen molar-refractivity contribution in [1.82, 2.24) is 5.32 Å². The highest BCUT2D eigenvalue weighted by atomic mass is 32.2. The average molecular weight is 368 g/mol. The van der Waals surface area contributed by atoms with Crippen LogP contribution in [-0.2, 0) is 20.0 Å². The van der Waals surface area contributed by atoms with Gasteiger partial charge in [0.15, 0.2) is 9.84 Å². The van der Waals surface area contributed by atoms with E-state index in [1.807, 2.05) is 12.1 Å². The summed E-state index contributed by atoms with van der Waals surface area (Å²) in [6, 6.07) is 6.86. The number of rotatable bonds is 6. The van der Waals surface area contributed by atoms with Gasteiger partial charge in [0.25, 0.3) is 0 Å². The molecule has 6 heteroatoms. The normalized spacial score (nSPS) is 17.4. The summed E-state index contributed by atoms with van der Waals surface area (Å²) in [6.07, 6.45) is 3.20. The van der Waals surface area contributed by atoms with Gasteiger partial charge in [-0.15, -0.1) is 0 Å². The first-order chi connectivity index (χ1) is 11.5. The lowest BCUT2D eigenvalue weighted by Crippen LogP contribution is -2.41. The third-order valence-electron chi connectivity index (χ3n) is 4.83. The predicted molar refractivity (Wildman–Crippen MR) is 98.2 cm³/mol. The number of sulfone groups is 1. The van der Waals surface area contributed by atoms with E-state index in [2.05, 4.69) is 26.1 Å². The molecule has 5 nitrogen and oxygen atoms in total. The minimum atomic E-state index is -3.49. The Labute approximate surface area is 150 Å². The molecule has 0 radical (unpaired) electrons. The first-order valence-corrected chi connectivity index (χ1v) is 10.5. The number of carbonyl (C=O) groups is 1. The van der Waals surface area contributed by atoms with Crippen LogP contribution >= 0.6 is 0 Å². The minimum absolute atomic E-state index is 0.0390. The van der Waals surface area contributed by atoms with Gasteiger partial charge in [-0.25, -0.2) is 8.42 Å². The molecule has 0 aliphatic heterocycles. The van der Waals surface area contributed by atoms with Crippen LogP contribution in [0.5, 0.6) is 0 Å². The molecule has 0 aromatic heterocycles. The van der Waals surface area contributed by atoms with E-state index in [0.717, 1.165) is 18.4 Å². The number of hydrogen-bond donors (Lipinski definition) is 2. The Balaban J connectivity index is 1.89. The molecular weight excluding hydrogens is 338 g/mol. The molecule has 1 aromatic carbocycles. The highest BCUT2D eigenvalue weighted by Gasteiger charge is 2.31. The molecular formula is C19H29NO4S. The first kappa shape index (κ1) is 19.9. The molecule has 1 fully saturated rings. The van der Waals surface area contributed by atoms with Crippen LogP contribution in [0.2, 0.25) is 0 Å². The van der Waals surface area contributed by atoms with Gasteiger partial charge in [-0.1, -0.05) is 45.7 Å². The lowest BCUT2D eigenvalue weighted by Gasteiger charge is -2.22. The zero-order valence-electron chi connectivity index (χ0n) is 15.3. The van der Waals surface area contributed by atoms with Gasteiger partial charge < -0.3 is 10.4 Å². The van der Waals surface area contributed by atoms with Crippen LogP contribution < -0.4 is 5.32 Å². The van der Waals surface area contributed by atoms with Crippen molar-refractivity contribution < 1.29 is 18.3 Å². The van der Waals surface area contributed by atoms with Gasteiger partial charge in [0.1, 0.15) is 0 Å². The van der Waals surface area contributed by atoms with E-state index in [-0.39, 0.29) is 34.9 Å². The molecule has 1 aliphatic rings. The molecule has 0 unspecified atom stereocenters. The van der Waals surface area contributed by atoms with Gasteiger partial charge in [-0.2, -0.15) is 0 Å². The Morgan fingerprint density at radius 3 is 2.24 bits per heavy atom. The summed E-state index contributed by atoms with van der Waals surface area (Å²) >= 11 is 0. The number of amides is 1. The summed E-state index contributed by atoms with van der Waals surface area (Å²) < 4.78 is 24.8. The highest BCUT2D eigenvalue weighted by Crippen LogP contribution is 2.28. The van der Waals surface area contributed by atoms with Crippen molar-refractivity contribution in [2.45, 2.75) is 68.8 Å². The Morgan fingerprint density at radius 1 is 1.16 bits per heavy atom. The van der Waals surface area contributed by atoms with Crippen molar-refractivity contribution in [2.24, 2.45) is 0 Å². The fraction of sp³-hybridized carbons (Fsp3) is 0.632. The zero-order chi connectivity index (χ0) is 18.7. The Morgan fingerprint density at radius 2 is 1.72 bits per heavy atom. The van der Waals surface area contributed by atoms with Crippen molar-refractivity contribution in [2.75, 3.05) is 12.3 Å². The summed E-state index contributed by atoms with van der Waals surface area (Å²) in [6.45, 7) is 6.41. The van der Waals surface area contributed by atoms with Crippen molar-refractivity contribution in [3.05, 3.63) is 29.8 Å². The van der Waals surface area contributed by atoms with E-state index >= 15 is 0 Å². The second-order valence-electron chi connectivity index (χ2n) is 8.05. The van der Waals surface area contributed by atoms with Gasteiger partial charge in [0.2, 0.25) is 5.91 Å². The van der Waals surface area contributed by atoms with E-state index in [0.29, 0.717) is 12.8 Å². The Kier molecular flexibility index (Phi) is 5.94. The number of hydrogen-bond acceptors (Lipinski definition) is 4. The topological polar surface area (TPSA) is 83.5 Å². The Hall–Kier alpha value is -1.40. The fourth-order valence-electron chi connectivity index (χ4n) is 3.07. The van der Waals surface area contributed by atoms with Crippen molar-refractivity contribution in [3.8, 4) is 0 Å². The minimum Gasteiger partial charge on any atom is -0.388 e. The number of aliphatic hydroxyl groups is 1. The molecule has 0 bridgehead atoms. The van der Waals surface area contributed by atoms with E-state index in [4.69, 9.17) is 0 Å². The van der Waals surface area contributed by atoms with Gasteiger partial charge in [-0.3, -0.25) is 4.79 Å². The molecule has 0 spiro atoms. The molecule has 25 heavy (non-hydrogen) atoms. The molecule has 1 aromatic rings.